The van der Waals surface area contributed by atoms with E-state index in [9.17, 15) is 9.18 Å². The first kappa shape index (κ1) is 20.2. The molecule has 0 unspecified atom stereocenters. The van der Waals surface area contributed by atoms with E-state index in [1.807, 2.05) is 36.4 Å². The van der Waals surface area contributed by atoms with E-state index in [0.717, 1.165) is 42.4 Å². The van der Waals surface area contributed by atoms with E-state index < -0.39 is 5.82 Å². The van der Waals surface area contributed by atoms with Crippen LogP contribution in [0.25, 0.3) is 16.5 Å². The number of anilines is 1. The van der Waals surface area contributed by atoms with E-state index in [1.165, 1.54) is 10.7 Å². The Morgan fingerprint density at radius 1 is 1.03 bits per heavy atom. The van der Waals surface area contributed by atoms with Crippen molar-refractivity contribution in [3.8, 4) is 5.69 Å². The van der Waals surface area contributed by atoms with Crippen LogP contribution >= 0.6 is 0 Å². The zero-order chi connectivity index (χ0) is 22.1. The zero-order valence-electron chi connectivity index (χ0n) is 17.8. The van der Waals surface area contributed by atoms with E-state index >= 15 is 0 Å². The zero-order valence-corrected chi connectivity index (χ0v) is 17.8. The number of pyridine rings is 1. The molecule has 1 aliphatic rings. The van der Waals surface area contributed by atoms with Crippen LogP contribution in [0, 0.1) is 12.7 Å². The van der Waals surface area contributed by atoms with Crippen LogP contribution in [-0.2, 0) is 0 Å². The maximum absolute atomic E-state index is 14.9. The minimum absolute atomic E-state index is 0.0608. The molecule has 0 bridgehead atoms. The average molecular weight is 429 g/mol. The van der Waals surface area contributed by atoms with E-state index in [1.54, 1.807) is 31.5 Å². The topological polar surface area (TPSA) is 63.1 Å². The number of fused-ring (bicyclic) bond motifs is 1. The van der Waals surface area contributed by atoms with Crippen molar-refractivity contribution in [3.05, 3.63) is 84.2 Å². The van der Waals surface area contributed by atoms with Gasteiger partial charge in [0.1, 0.15) is 17.2 Å². The van der Waals surface area contributed by atoms with Crippen molar-refractivity contribution < 1.29 is 9.18 Å². The predicted molar refractivity (Wildman–Crippen MR) is 123 cm³/mol. The van der Waals surface area contributed by atoms with Crippen LogP contribution in [0.15, 0.2) is 67.0 Å². The number of amides is 1. The molecule has 162 valence electrons. The van der Waals surface area contributed by atoms with E-state index in [-0.39, 0.29) is 17.6 Å². The molecule has 4 aromatic rings. The number of hydrogen-bond donors (Lipinski definition) is 1. The second kappa shape index (κ2) is 8.42. The molecule has 1 aliphatic heterocycles. The van der Waals surface area contributed by atoms with Gasteiger partial charge < -0.3 is 10.2 Å². The van der Waals surface area contributed by atoms with Gasteiger partial charge in [-0.3, -0.25) is 9.78 Å². The number of halogens is 1. The Hall–Kier alpha value is -3.74. The smallest absolute Gasteiger partial charge is 0.270 e. The van der Waals surface area contributed by atoms with Gasteiger partial charge in [-0.05, 0) is 60.9 Å². The molecule has 1 fully saturated rings. The van der Waals surface area contributed by atoms with E-state index in [2.05, 4.69) is 20.3 Å². The summed E-state index contributed by atoms with van der Waals surface area (Å²) in [6.07, 6.45) is 5.26. The lowest BCUT2D eigenvalue weighted by molar-refractivity contribution is 0.0923. The average Bonchev–Trinajstić information content (AvgIpc) is 3.21. The molecule has 5 rings (SSSR count). The summed E-state index contributed by atoms with van der Waals surface area (Å²) >= 11 is 0. The maximum Gasteiger partial charge on any atom is 0.270 e. The third kappa shape index (κ3) is 3.93. The molecule has 0 saturated carbocycles. The number of nitrogens with one attached hydrogen (secondary N) is 1. The summed E-state index contributed by atoms with van der Waals surface area (Å²) in [6.45, 7) is 3.51. The minimum Gasteiger partial charge on any atom is -0.371 e. The van der Waals surface area contributed by atoms with Gasteiger partial charge in [0.05, 0.1) is 5.69 Å². The normalized spacial score (nSPS) is 14.6. The molecule has 2 aromatic heterocycles. The SMILES string of the molecule is Cc1cc(C(=O)NC2CCN(c3ccncc3)CC2)n(-c2cc3ccccc3cc2F)n1. The van der Waals surface area contributed by atoms with Crippen LogP contribution in [0.2, 0.25) is 0 Å². The Balaban J connectivity index is 1.34. The Morgan fingerprint density at radius 3 is 2.44 bits per heavy atom. The van der Waals surface area contributed by atoms with Gasteiger partial charge in [0.2, 0.25) is 0 Å². The number of aromatic nitrogens is 3. The van der Waals surface area contributed by atoms with Gasteiger partial charge in [-0.25, -0.2) is 9.07 Å². The summed E-state index contributed by atoms with van der Waals surface area (Å²) in [5, 5.41) is 9.25. The molecule has 0 aliphatic carbocycles. The van der Waals surface area contributed by atoms with Crippen molar-refractivity contribution in [1.82, 2.24) is 20.1 Å². The molecule has 6 nitrogen and oxygen atoms in total. The molecule has 1 amide bonds. The summed E-state index contributed by atoms with van der Waals surface area (Å²) in [4.78, 5) is 19.5. The molecule has 7 heteroatoms. The number of benzene rings is 2. The lowest BCUT2D eigenvalue weighted by Gasteiger charge is -2.33. The number of carbonyl (C=O) groups is 1. The highest BCUT2D eigenvalue weighted by molar-refractivity contribution is 5.94. The third-order valence-corrected chi connectivity index (χ3v) is 5.97. The summed E-state index contributed by atoms with van der Waals surface area (Å²) in [7, 11) is 0. The van der Waals surface area contributed by atoms with Gasteiger partial charge in [0, 0.05) is 37.2 Å². The van der Waals surface area contributed by atoms with Crippen LogP contribution < -0.4 is 10.2 Å². The van der Waals surface area contributed by atoms with Crippen molar-refractivity contribution in [1.29, 1.82) is 0 Å². The van der Waals surface area contributed by atoms with Gasteiger partial charge >= 0.3 is 0 Å². The fourth-order valence-electron chi connectivity index (χ4n) is 4.30. The van der Waals surface area contributed by atoms with Gasteiger partial charge in [-0.1, -0.05) is 24.3 Å². The van der Waals surface area contributed by atoms with Gasteiger partial charge in [-0.2, -0.15) is 5.10 Å². The van der Waals surface area contributed by atoms with Crippen molar-refractivity contribution in [2.45, 2.75) is 25.8 Å². The van der Waals surface area contributed by atoms with Crippen molar-refractivity contribution in [2.75, 3.05) is 18.0 Å². The molecular weight excluding hydrogens is 405 g/mol. The molecule has 32 heavy (non-hydrogen) atoms. The highest BCUT2D eigenvalue weighted by Gasteiger charge is 2.24. The highest BCUT2D eigenvalue weighted by Crippen LogP contribution is 2.24. The molecule has 3 heterocycles. The first-order valence-corrected chi connectivity index (χ1v) is 10.8. The molecule has 0 spiro atoms. The fraction of sp³-hybridized carbons (Fsp3) is 0.240. The van der Waals surface area contributed by atoms with E-state index in [0.29, 0.717) is 11.4 Å². The second-order valence-corrected chi connectivity index (χ2v) is 8.17. The van der Waals surface area contributed by atoms with Crippen LogP contribution in [0.3, 0.4) is 0 Å². The lowest BCUT2D eigenvalue weighted by Crippen LogP contribution is -2.45. The predicted octanol–water partition coefficient (Wildman–Crippen LogP) is 4.27. The number of rotatable bonds is 4. The number of piperidine rings is 1. The number of nitrogens with zero attached hydrogens (tertiary/aromatic N) is 4. The molecule has 0 atom stereocenters. The quantitative estimate of drug-likeness (QED) is 0.526. The Morgan fingerprint density at radius 2 is 1.72 bits per heavy atom. The summed E-state index contributed by atoms with van der Waals surface area (Å²) in [6, 6.07) is 16.5. The van der Waals surface area contributed by atoms with Crippen molar-refractivity contribution in [2.24, 2.45) is 0 Å². The van der Waals surface area contributed by atoms with Crippen molar-refractivity contribution in [3.63, 3.8) is 0 Å². The number of carbonyl (C=O) groups excluding carboxylic acids is 1. The summed E-state index contributed by atoms with van der Waals surface area (Å²) in [5.74, 6) is -0.646. The Bertz CT molecular complexity index is 1260. The Kier molecular flexibility index (Phi) is 5.31. The summed E-state index contributed by atoms with van der Waals surface area (Å²) in [5.41, 5.74) is 2.42. The monoisotopic (exact) mass is 429 g/mol. The second-order valence-electron chi connectivity index (χ2n) is 8.17. The number of aryl methyl sites for hydroxylation is 1. The largest absolute Gasteiger partial charge is 0.371 e. The molecular formula is C25H24FN5O. The first-order chi connectivity index (χ1) is 15.6. The molecule has 1 saturated heterocycles. The van der Waals surface area contributed by atoms with Crippen LogP contribution in [0.4, 0.5) is 10.1 Å². The molecule has 0 radical (unpaired) electrons. The third-order valence-electron chi connectivity index (χ3n) is 5.97. The van der Waals surface area contributed by atoms with Gasteiger partial charge in [0.25, 0.3) is 5.91 Å². The van der Waals surface area contributed by atoms with Crippen LogP contribution in [0.5, 0.6) is 0 Å². The van der Waals surface area contributed by atoms with Gasteiger partial charge in [0.15, 0.2) is 0 Å². The van der Waals surface area contributed by atoms with Crippen LogP contribution in [-0.4, -0.2) is 39.8 Å². The van der Waals surface area contributed by atoms with E-state index in [4.69, 9.17) is 0 Å². The minimum atomic E-state index is -0.411. The van der Waals surface area contributed by atoms with Crippen LogP contribution in [0.1, 0.15) is 29.0 Å². The van der Waals surface area contributed by atoms with Crippen molar-refractivity contribution >= 4 is 22.4 Å². The Labute approximate surface area is 185 Å². The van der Waals surface area contributed by atoms with Gasteiger partial charge in [-0.15, -0.1) is 0 Å². The maximum atomic E-state index is 14.9. The first-order valence-electron chi connectivity index (χ1n) is 10.8. The summed E-state index contributed by atoms with van der Waals surface area (Å²) < 4.78 is 16.3. The number of hydrogen-bond acceptors (Lipinski definition) is 4. The highest BCUT2D eigenvalue weighted by atomic mass is 19.1. The standard InChI is InChI=1S/C25H24FN5O/c1-17-14-24(31(29-17)23-16-19-5-3-2-4-18(19)15-22(23)26)25(32)28-20-8-12-30(13-9-20)21-6-10-27-11-7-21/h2-7,10-11,14-16,20H,8-9,12-13H2,1H3,(H,28,32). The molecule has 2 aromatic carbocycles. The molecule has 1 N–H and O–H groups in total. The lowest BCUT2D eigenvalue weighted by atomic mass is 10.0. The fourth-order valence-corrected chi connectivity index (χ4v) is 4.30.